The first-order chi connectivity index (χ1) is 19.4. The number of nitrogens with one attached hydrogen (secondary N) is 3. The highest BCUT2D eigenvalue weighted by Crippen LogP contribution is 2.56. The molecular formula is C31H39N5O4. The molecule has 0 bridgehead atoms. The van der Waals surface area contributed by atoms with Gasteiger partial charge in [-0.1, -0.05) is 86.7 Å². The van der Waals surface area contributed by atoms with Crippen molar-refractivity contribution in [2.75, 3.05) is 6.54 Å². The van der Waals surface area contributed by atoms with E-state index < -0.39 is 17.7 Å². The topological polar surface area (TPSA) is 138 Å². The summed E-state index contributed by atoms with van der Waals surface area (Å²) in [5.74, 6) is 0.438. The Labute approximate surface area is 235 Å². The van der Waals surface area contributed by atoms with Crippen LogP contribution in [0.1, 0.15) is 68.1 Å². The van der Waals surface area contributed by atoms with E-state index in [2.05, 4.69) is 10.6 Å². The molecule has 9 nitrogen and oxygen atoms in total. The van der Waals surface area contributed by atoms with E-state index in [1.807, 2.05) is 30.3 Å². The second-order valence-electron chi connectivity index (χ2n) is 11.4. The first kappa shape index (κ1) is 27.8. The lowest BCUT2D eigenvalue weighted by Crippen LogP contribution is -2.54. The zero-order valence-corrected chi connectivity index (χ0v) is 22.9. The minimum Gasteiger partial charge on any atom is -0.444 e. The number of amidine groups is 1. The molecule has 5 N–H and O–H groups in total. The third-order valence-corrected chi connectivity index (χ3v) is 8.68. The lowest BCUT2D eigenvalue weighted by atomic mass is 9.84. The third-order valence-electron chi connectivity index (χ3n) is 8.68. The Kier molecular flexibility index (Phi) is 8.49. The number of amides is 3. The summed E-state index contributed by atoms with van der Waals surface area (Å²) in [6.45, 7) is 1.02. The monoisotopic (exact) mass is 545 g/mol. The van der Waals surface area contributed by atoms with Crippen LogP contribution in [0.25, 0.3) is 0 Å². The van der Waals surface area contributed by atoms with Crippen LogP contribution in [0.3, 0.4) is 0 Å². The van der Waals surface area contributed by atoms with Crippen molar-refractivity contribution in [3.8, 4) is 0 Å². The zero-order valence-electron chi connectivity index (χ0n) is 22.9. The number of piperidine rings is 1. The molecule has 2 saturated carbocycles. The number of nitrogens with zero attached hydrogens (tertiary/aromatic N) is 1. The van der Waals surface area contributed by atoms with Gasteiger partial charge in [-0.25, -0.2) is 4.79 Å². The molecule has 212 valence electrons. The van der Waals surface area contributed by atoms with Gasteiger partial charge in [-0.3, -0.25) is 20.3 Å². The molecule has 3 amide bonds. The van der Waals surface area contributed by atoms with Crippen molar-refractivity contribution in [2.24, 2.45) is 17.6 Å². The fourth-order valence-electron chi connectivity index (χ4n) is 6.32. The molecule has 3 aliphatic rings. The Hall–Kier alpha value is -3.72. The van der Waals surface area contributed by atoms with Crippen LogP contribution in [-0.2, 0) is 27.5 Å². The molecule has 1 saturated heterocycles. The van der Waals surface area contributed by atoms with E-state index in [-0.39, 0.29) is 30.2 Å². The first-order valence-corrected chi connectivity index (χ1v) is 14.4. The molecule has 0 unspecified atom stereocenters. The van der Waals surface area contributed by atoms with Crippen LogP contribution in [0, 0.1) is 17.2 Å². The Morgan fingerprint density at radius 3 is 2.42 bits per heavy atom. The standard InChI is InChI=1S/C31H39N5O4/c32-26(17-21-7-3-1-4-8-21)28(37)36-16-15-25-18-31(25,36)29(38)34-19-22-11-13-24(14-12-22)27(33)35-30(39)40-20-23-9-5-2-6-10-23/h2,5-6,9-14,21,25-26H,1,3-4,7-8,15-20,32H2,(H,34,38)(H2,33,35,39)/t25-,26-,31+/m1/s1. The van der Waals surface area contributed by atoms with Crippen molar-refractivity contribution < 1.29 is 19.1 Å². The Balaban J connectivity index is 1.10. The Bertz CT molecular complexity index is 1230. The molecule has 2 aromatic carbocycles. The zero-order chi connectivity index (χ0) is 28.1. The van der Waals surface area contributed by atoms with Gasteiger partial charge in [0, 0.05) is 18.7 Å². The highest BCUT2D eigenvalue weighted by molar-refractivity contribution is 6.04. The Morgan fingerprint density at radius 1 is 1.00 bits per heavy atom. The maximum absolute atomic E-state index is 13.3. The Morgan fingerprint density at radius 2 is 1.73 bits per heavy atom. The van der Waals surface area contributed by atoms with Gasteiger partial charge in [0.25, 0.3) is 0 Å². The minimum absolute atomic E-state index is 0.0713. The van der Waals surface area contributed by atoms with Gasteiger partial charge in [0.2, 0.25) is 11.8 Å². The molecule has 0 spiro atoms. The van der Waals surface area contributed by atoms with E-state index in [0.717, 1.165) is 30.4 Å². The van der Waals surface area contributed by atoms with Crippen LogP contribution in [0.4, 0.5) is 4.79 Å². The fraction of sp³-hybridized carbons (Fsp3) is 0.484. The normalized spacial score (nSPS) is 22.6. The number of rotatable bonds is 9. The highest BCUT2D eigenvalue weighted by Gasteiger charge is 2.68. The summed E-state index contributed by atoms with van der Waals surface area (Å²) < 4.78 is 5.17. The number of likely N-dealkylation sites (tertiary alicyclic amines) is 1. The van der Waals surface area contributed by atoms with Gasteiger partial charge in [0.15, 0.2) is 0 Å². The van der Waals surface area contributed by atoms with Crippen LogP contribution < -0.4 is 16.4 Å². The number of hydrogen-bond acceptors (Lipinski definition) is 6. The van der Waals surface area contributed by atoms with Gasteiger partial charge >= 0.3 is 6.09 Å². The van der Waals surface area contributed by atoms with Crippen LogP contribution in [0.2, 0.25) is 0 Å². The number of carbonyl (C=O) groups is 3. The summed E-state index contributed by atoms with van der Waals surface area (Å²) in [4.78, 5) is 40.4. The maximum Gasteiger partial charge on any atom is 0.413 e. The van der Waals surface area contributed by atoms with Crippen molar-refractivity contribution in [3.05, 3.63) is 71.3 Å². The van der Waals surface area contributed by atoms with Gasteiger partial charge in [0.05, 0.1) is 6.04 Å². The van der Waals surface area contributed by atoms with Crippen LogP contribution >= 0.6 is 0 Å². The summed E-state index contributed by atoms with van der Waals surface area (Å²) in [6, 6.07) is 15.8. The predicted octanol–water partition coefficient (Wildman–Crippen LogP) is 3.84. The van der Waals surface area contributed by atoms with Crippen molar-refractivity contribution >= 4 is 23.7 Å². The molecule has 1 heterocycles. The summed E-state index contributed by atoms with van der Waals surface area (Å²) in [6.07, 6.45) is 7.52. The van der Waals surface area contributed by atoms with E-state index >= 15 is 0 Å². The maximum atomic E-state index is 13.3. The number of fused-ring (bicyclic) bond motifs is 1. The average molecular weight is 546 g/mol. The summed E-state index contributed by atoms with van der Waals surface area (Å²) in [5.41, 5.74) is 7.85. The number of carbonyl (C=O) groups excluding carboxylic acids is 3. The largest absolute Gasteiger partial charge is 0.444 e. The van der Waals surface area contributed by atoms with Crippen molar-refractivity contribution in [3.63, 3.8) is 0 Å². The first-order valence-electron chi connectivity index (χ1n) is 14.4. The van der Waals surface area contributed by atoms with E-state index in [0.29, 0.717) is 37.4 Å². The molecule has 0 radical (unpaired) electrons. The molecule has 40 heavy (non-hydrogen) atoms. The van der Waals surface area contributed by atoms with E-state index in [9.17, 15) is 14.4 Å². The lowest BCUT2D eigenvalue weighted by molar-refractivity contribution is -0.142. The number of nitrogens with two attached hydrogens (primary N) is 1. The molecule has 9 heteroatoms. The smallest absolute Gasteiger partial charge is 0.413 e. The van der Waals surface area contributed by atoms with Crippen molar-refractivity contribution in [2.45, 2.75) is 76.1 Å². The van der Waals surface area contributed by atoms with Crippen LogP contribution in [0.5, 0.6) is 0 Å². The SMILES string of the molecule is N=C(NC(=O)OCc1ccccc1)c1ccc(CNC(=O)[C@]23C[C@H]2CCN3C(=O)[C@H](N)CC2CCCCC2)cc1. The summed E-state index contributed by atoms with van der Waals surface area (Å²) >= 11 is 0. The summed E-state index contributed by atoms with van der Waals surface area (Å²) in [5, 5.41) is 13.6. The van der Waals surface area contributed by atoms with Gasteiger partial charge in [-0.15, -0.1) is 0 Å². The number of benzene rings is 2. The third kappa shape index (κ3) is 6.20. The second-order valence-corrected chi connectivity index (χ2v) is 11.4. The quantitative estimate of drug-likeness (QED) is 0.280. The molecule has 0 aromatic heterocycles. The summed E-state index contributed by atoms with van der Waals surface area (Å²) in [7, 11) is 0. The minimum atomic E-state index is -0.757. The van der Waals surface area contributed by atoms with E-state index in [4.69, 9.17) is 15.9 Å². The van der Waals surface area contributed by atoms with Crippen molar-refractivity contribution in [1.82, 2.24) is 15.5 Å². The molecule has 2 aromatic rings. The molecular weight excluding hydrogens is 506 g/mol. The van der Waals surface area contributed by atoms with Crippen LogP contribution in [0.15, 0.2) is 54.6 Å². The molecule has 3 fully saturated rings. The predicted molar refractivity (Wildman–Crippen MR) is 151 cm³/mol. The lowest BCUT2D eigenvalue weighted by Gasteiger charge is -2.31. The van der Waals surface area contributed by atoms with E-state index in [1.165, 1.54) is 19.3 Å². The number of ether oxygens (including phenoxy) is 1. The van der Waals surface area contributed by atoms with Gasteiger partial charge in [-0.05, 0) is 42.2 Å². The molecule has 5 rings (SSSR count). The molecule has 1 aliphatic heterocycles. The second kappa shape index (κ2) is 12.2. The fourth-order valence-corrected chi connectivity index (χ4v) is 6.32. The van der Waals surface area contributed by atoms with Gasteiger partial charge < -0.3 is 20.7 Å². The van der Waals surface area contributed by atoms with Crippen LogP contribution in [-0.4, -0.2) is 46.8 Å². The average Bonchev–Trinajstić information content (AvgIpc) is 3.60. The highest BCUT2D eigenvalue weighted by atomic mass is 16.5. The molecule has 3 atom stereocenters. The number of alkyl carbamates (subject to hydrolysis) is 1. The van der Waals surface area contributed by atoms with Gasteiger partial charge in [-0.2, -0.15) is 0 Å². The van der Waals surface area contributed by atoms with Gasteiger partial charge in [0.1, 0.15) is 18.0 Å². The number of hydrogen-bond donors (Lipinski definition) is 4. The van der Waals surface area contributed by atoms with Crippen molar-refractivity contribution in [1.29, 1.82) is 5.41 Å². The molecule has 2 aliphatic carbocycles. The van der Waals surface area contributed by atoms with E-state index in [1.54, 1.807) is 29.2 Å².